The van der Waals surface area contributed by atoms with E-state index in [1.54, 1.807) is 0 Å². The third-order valence-electron chi connectivity index (χ3n) is 3.45. The minimum atomic E-state index is 0.110. The van der Waals surface area contributed by atoms with Gasteiger partial charge in [0.15, 0.2) is 0 Å². The molecule has 1 heterocycles. The number of nitrogens with one attached hydrogen (secondary N) is 1. The van der Waals surface area contributed by atoms with Crippen molar-refractivity contribution in [2.75, 3.05) is 0 Å². The smallest absolute Gasteiger partial charge is 0.0838 e. The number of hydrogen-bond acceptors (Lipinski definition) is 3. The summed E-state index contributed by atoms with van der Waals surface area (Å²) in [4.78, 5) is 0. The van der Waals surface area contributed by atoms with E-state index < -0.39 is 0 Å². The molecule has 0 saturated heterocycles. The van der Waals surface area contributed by atoms with Gasteiger partial charge in [-0.2, -0.15) is 5.10 Å². The van der Waals surface area contributed by atoms with E-state index in [0.717, 1.165) is 17.8 Å². The standard InChI is InChI=1S/C13H22N4/c1-10-9-12(17(2)16-10)13(15-14)11-7-5-3-4-6-8-11/h7,9,13,15H,3-6,8,14H2,1-2H3. The van der Waals surface area contributed by atoms with Crippen molar-refractivity contribution in [3.8, 4) is 0 Å². The first-order valence-electron chi connectivity index (χ1n) is 6.38. The average Bonchev–Trinajstić information content (AvgIpc) is 2.55. The Kier molecular flexibility index (Phi) is 3.97. The fourth-order valence-corrected chi connectivity index (χ4v) is 2.59. The summed E-state index contributed by atoms with van der Waals surface area (Å²) in [5.41, 5.74) is 6.54. The Labute approximate surface area is 103 Å². The normalized spacial score (nSPS) is 18.6. The molecule has 1 atom stereocenters. The van der Waals surface area contributed by atoms with Crippen molar-refractivity contribution < 1.29 is 0 Å². The second kappa shape index (κ2) is 5.47. The topological polar surface area (TPSA) is 55.9 Å². The molecule has 0 bridgehead atoms. The van der Waals surface area contributed by atoms with Crippen LogP contribution >= 0.6 is 0 Å². The van der Waals surface area contributed by atoms with Gasteiger partial charge >= 0.3 is 0 Å². The molecule has 1 aliphatic rings. The van der Waals surface area contributed by atoms with Gasteiger partial charge in [0.1, 0.15) is 0 Å². The van der Waals surface area contributed by atoms with E-state index in [9.17, 15) is 0 Å². The monoisotopic (exact) mass is 234 g/mol. The van der Waals surface area contributed by atoms with Gasteiger partial charge in [-0.1, -0.05) is 18.1 Å². The Bertz CT molecular complexity index is 406. The van der Waals surface area contributed by atoms with Gasteiger partial charge in [-0.25, -0.2) is 5.43 Å². The molecular formula is C13H22N4. The van der Waals surface area contributed by atoms with Gasteiger partial charge in [-0.15, -0.1) is 0 Å². The SMILES string of the molecule is Cc1cc(C(NN)C2=CCCCCC2)n(C)n1. The molecule has 0 saturated carbocycles. The van der Waals surface area contributed by atoms with E-state index in [4.69, 9.17) is 5.84 Å². The Morgan fingerprint density at radius 3 is 2.88 bits per heavy atom. The van der Waals surface area contributed by atoms with Crippen LogP contribution in [0.4, 0.5) is 0 Å². The lowest BCUT2D eigenvalue weighted by Crippen LogP contribution is -2.31. The molecule has 2 rings (SSSR count). The lowest BCUT2D eigenvalue weighted by Gasteiger charge is -2.19. The summed E-state index contributed by atoms with van der Waals surface area (Å²) in [6.07, 6.45) is 8.54. The summed E-state index contributed by atoms with van der Waals surface area (Å²) in [7, 11) is 1.98. The molecule has 4 heteroatoms. The Morgan fingerprint density at radius 1 is 1.41 bits per heavy atom. The Hall–Kier alpha value is -1.13. The molecule has 17 heavy (non-hydrogen) atoms. The van der Waals surface area contributed by atoms with Gasteiger partial charge in [-0.3, -0.25) is 10.5 Å². The molecule has 0 amide bonds. The predicted octanol–water partition coefficient (Wildman–Crippen LogP) is 2.12. The molecule has 1 aliphatic carbocycles. The van der Waals surface area contributed by atoms with Gasteiger partial charge in [0, 0.05) is 7.05 Å². The lowest BCUT2D eigenvalue weighted by molar-refractivity contribution is 0.546. The molecule has 1 unspecified atom stereocenters. The van der Waals surface area contributed by atoms with Crippen molar-refractivity contribution in [1.82, 2.24) is 15.2 Å². The predicted molar refractivity (Wildman–Crippen MR) is 69.2 cm³/mol. The van der Waals surface area contributed by atoms with Crippen molar-refractivity contribution in [2.24, 2.45) is 12.9 Å². The number of hydrazine groups is 1. The molecule has 1 aromatic heterocycles. The van der Waals surface area contributed by atoms with Crippen LogP contribution in [0.15, 0.2) is 17.7 Å². The van der Waals surface area contributed by atoms with E-state index in [2.05, 4.69) is 22.7 Å². The fourth-order valence-electron chi connectivity index (χ4n) is 2.59. The number of aromatic nitrogens is 2. The molecular weight excluding hydrogens is 212 g/mol. The average molecular weight is 234 g/mol. The number of nitrogens with two attached hydrogens (primary N) is 1. The third kappa shape index (κ3) is 2.76. The van der Waals surface area contributed by atoms with Crippen molar-refractivity contribution in [1.29, 1.82) is 0 Å². The maximum Gasteiger partial charge on any atom is 0.0838 e. The van der Waals surface area contributed by atoms with Gasteiger partial charge in [-0.05, 0) is 38.7 Å². The zero-order valence-electron chi connectivity index (χ0n) is 10.7. The number of nitrogens with zero attached hydrogens (tertiary/aromatic N) is 2. The largest absolute Gasteiger partial charge is 0.271 e. The Balaban J connectivity index is 2.26. The van der Waals surface area contributed by atoms with Gasteiger partial charge in [0.05, 0.1) is 17.4 Å². The van der Waals surface area contributed by atoms with Crippen LogP contribution in [0, 0.1) is 6.92 Å². The molecule has 0 fully saturated rings. The van der Waals surface area contributed by atoms with E-state index in [1.807, 2.05) is 18.7 Å². The van der Waals surface area contributed by atoms with Crippen LogP contribution in [-0.2, 0) is 7.05 Å². The van der Waals surface area contributed by atoms with Crippen LogP contribution in [0.5, 0.6) is 0 Å². The van der Waals surface area contributed by atoms with Gasteiger partial charge in [0.2, 0.25) is 0 Å². The highest BCUT2D eigenvalue weighted by Gasteiger charge is 2.19. The van der Waals surface area contributed by atoms with E-state index in [1.165, 1.54) is 31.3 Å². The molecule has 1 aromatic rings. The highest BCUT2D eigenvalue weighted by molar-refractivity contribution is 5.24. The van der Waals surface area contributed by atoms with Crippen molar-refractivity contribution >= 4 is 0 Å². The lowest BCUT2D eigenvalue weighted by atomic mass is 9.99. The minimum Gasteiger partial charge on any atom is -0.271 e. The van der Waals surface area contributed by atoms with E-state index >= 15 is 0 Å². The van der Waals surface area contributed by atoms with Crippen molar-refractivity contribution in [3.05, 3.63) is 29.1 Å². The molecule has 0 aromatic carbocycles. The van der Waals surface area contributed by atoms with Crippen LogP contribution in [0.1, 0.15) is 49.5 Å². The Morgan fingerprint density at radius 2 is 2.24 bits per heavy atom. The maximum absolute atomic E-state index is 5.73. The molecule has 3 N–H and O–H groups in total. The summed E-state index contributed by atoms with van der Waals surface area (Å²) < 4.78 is 1.92. The summed E-state index contributed by atoms with van der Waals surface area (Å²) in [5.74, 6) is 5.73. The van der Waals surface area contributed by atoms with Crippen molar-refractivity contribution in [3.63, 3.8) is 0 Å². The first-order valence-corrected chi connectivity index (χ1v) is 6.38. The maximum atomic E-state index is 5.73. The summed E-state index contributed by atoms with van der Waals surface area (Å²) in [5, 5.41) is 4.39. The summed E-state index contributed by atoms with van der Waals surface area (Å²) in [6.45, 7) is 2.01. The minimum absolute atomic E-state index is 0.110. The third-order valence-corrected chi connectivity index (χ3v) is 3.45. The van der Waals surface area contributed by atoms with Gasteiger partial charge < -0.3 is 0 Å². The van der Waals surface area contributed by atoms with Crippen LogP contribution in [-0.4, -0.2) is 9.78 Å². The second-order valence-electron chi connectivity index (χ2n) is 4.81. The fraction of sp³-hybridized carbons (Fsp3) is 0.615. The summed E-state index contributed by atoms with van der Waals surface area (Å²) >= 11 is 0. The van der Waals surface area contributed by atoms with Crippen LogP contribution < -0.4 is 11.3 Å². The number of hydrogen-bond donors (Lipinski definition) is 2. The first kappa shape index (κ1) is 12.3. The quantitative estimate of drug-likeness (QED) is 0.478. The second-order valence-corrected chi connectivity index (χ2v) is 4.81. The zero-order chi connectivity index (χ0) is 12.3. The summed E-state index contributed by atoms with van der Waals surface area (Å²) in [6, 6.07) is 2.22. The number of rotatable bonds is 3. The molecule has 94 valence electrons. The van der Waals surface area contributed by atoms with E-state index in [0.29, 0.717) is 0 Å². The highest BCUT2D eigenvalue weighted by atomic mass is 15.3. The molecule has 0 aliphatic heterocycles. The zero-order valence-corrected chi connectivity index (χ0v) is 10.7. The van der Waals surface area contributed by atoms with Crippen LogP contribution in [0.3, 0.4) is 0 Å². The van der Waals surface area contributed by atoms with E-state index in [-0.39, 0.29) is 6.04 Å². The first-order chi connectivity index (χ1) is 8.22. The van der Waals surface area contributed by atoms with Gasteiger partial charge in [0.25, 0.3) is 0 Å². The number of allylic oxidation sites excluding steroid dienone is 1. The number of aryl methyl sites for hydroxylation is 2. The van der Waals surface area contributed by atoms with Crippen LogP contribution in [0.2, 0.25) is 0 Å². The van der Waals surface area contributed by atoms with Crippen LogP contribution in [0.25, 0.3) is 0 Å². The van der Waals surface area contributed by atoms with Crippen molar-refractivity contribution in [2.45, 2.75) is 45.1 Å². The highest BCUT2D eigenvalue weighted by Crippen LogP contribution is 2.28. The molecule has 0 radical (unpaired) electrons. The molecule has 0 spiro atoms. The molecule has 4 nitrogen and oxygen atoms in total.